The molecule has 0 unspecified atom stereocenters. The molecule has 23 heavy (non-hydrogen) atoms. The third kappa shape index (κ3) is 4.10. The van der Waals surface area contributed by atoms with Crippen molar-refractivity contribution in [3.8, 4) is 11.5 Å². The SMILES string of the molecule is CO/C=C(/C(=O)OC)c1cc(C)cc(Oc2ccccc2F)c1. The topological polar surface area (TPSA) is 44.8 Å². The number of methoxy groups -OCH3 is 2. The fraction of sp³-hybridized carbons (Fsp3) is 0.167. The van der Waals surface area contributed by atoms with E-state index in [0.717, 1.165) is 5.56 Å². The van der Waals surface area contributed by atoms with E-state index in [9.17, 15) is 9.18 Å². The first kappa shape index (κ1) is 16.5. The summed E-state index contributed by atoms with van der Waals surface area (Å²) in [6.45, 7) is 1.85. The molecule has 0 aliphatic carbocycles. The van der Waals surface area contributed by atoms with Crippen LogP contribution in [0.15, 0.2) is 48.7 Å². The molecule has 5 heteroatoms. The number of carbonyl (C=O) groups excluding carboxylic acids is 1. The minimum absolute atomic E-state index is 0.111. The molecule has 0 aromatic heterocycles. The van der Waals surface area contributed by atoms with Crippen molar-refractivity contribution in [1.29, 1.82) is 0 Å². The van der Waals surface area contributed by atoms with Gasteiger partial charge in [0, 0.05) is 0 Å². The van der Waals surface area contributed by atoms with E-state index >= 15 is 0 Å². The summed E-state index contributed by atoms with van der Waals surface area (Å²) in [7, 11) is 2.73. The average Bonchev–Trinajstić information content (AvgIpc) is 2.53. The molecule has 0 atom stereocenters. The number of hydrogen-bond donors (Lipinski definition) is 0. The van der Waals surface area contributed by atoms with E-state index < -0.39 is 11.8 Å². The first-order valence-electron chi connectivity index (χ1n) is 6.91. The Hall–Kier alpha value is -2.82. The van der Waals surface area contributed by atoms with Gasteiger partial charge in [-0.15, -0.1) is 0 Å². The monoisotopic (exact) mass is 316 g/mol. The second-order valence-electron chi connectivity index (χ2n) is 4.83. The number of esters is 1. The molecule has 0 amide bonds. The highest BCUT2D eigenvalue weighted by Gasteiger charge is 2.15. The largest absolute Gasteiger partial charge is 0.503 e. The molecular weight excluding hydrogens is 299 g/mol. The van der Waals surface area contributed by atoms with Crippen LogP contribution in [0.5, 0.6) is 11.5 Å². The van der Waals surface area contributed by atoms with Crippen LogP contribution in [0.4, 0.5) is 4.39 Å². The van der Waals surface area contributed by atoms with Gasteiger partial charge in [-0.25, -0.2) is 9.18 Å². The van der Waals surface area contributed by atoms with Gasteiger partial charge in [-0.05, 0) is 42.3 Å². The lowest BCUT2D eigenvalue weighted by Gasteiger charge is -2.11. The van der Waals surface area contributed by atoms with Gasteiger partial charge in [0.15, 0.2) is 11.6 Å². The maximum Gasteiger partial charge on any atom is 0.341 e. The van der Waals surface area contributed by atoms with Gasteiger partial charge in [0.1, 0.15) is 11.3 Å². The van der Waals surface area contributed by atoms with E-state index in [-0.39, 0.29) is 11.3 Å². The van der Waals surface area contributed by atoms with Crippen molar-refractivity contribution in [2.24, 2.45) is 0 Å². The molecule has 0 heterocycles. The summed E-state index contributed by atoms with van der Waals surface area (Å²) < 4.78 is 29.0. The van der Waals surface area contributed by atoms with Crippen LogP contribution in [-0.4, -0.2) is 20.2 Å². The normalized spacial score (nSPS) is 11.0. The predicted octanol–water partition coefficient (Wildman–Crippen LogP) is 4.09. The summed E-state index contributed by atoms with van der Waals surface area (Å²) >= 11 is 0. The van der Waals surface area contributed by atoms with Crippen LogP contribution in [0.1, 0.15) is 11.1 Å². The maximum absolute atomic E-state index is 13.7. The van der Waals surface area contributed by atoms with Crippen molar-refractivity contribution >= 4 is 11.5 Å². The number of ether oxygens (including phenoxy) is 3. The van der Waals surface area contributed by atoms with Gasteiger partial charge in [-0.2, -0.15) is 0 Å². The van der Waals surface area contributed by atoms with Gasteiger partial charge in [0.2, 0.25) is 0 Å². The Morgan fingerprint density at radius 2 is 1.87 bits per heavy atom. The van der Waals surface area contributed by atoms with E-state index in [1.807, 2.05) is 6.92 Å². The summed E-state index contributed by atoms with van der Waals surface area (Å²) in [4.78, 5) is 11.9. The third-order valence-electron chi connectivity index (χ3n) is 3.07. The van der Waals surface area contributed by atoms with Gasteiger partial charge in [0.25, 0.3) is 0 Å². The van der Waals surface area contributed by atoms with Crippen LogP contribution in [-0.2, 0) is 14.3 Å². The highest BCUT2D eigenvalue weighted by Crippen LogP contribution is 2.28. The zero-order valence-corrected chi connectivity index (χ0v) is 13.1. The number of halogens is 1. The lowest BCUT2D eigenvalue weighted by atomic mass is 10.0. The Labute approximate surface area is 134 Å². The number of hydrogen-bond acceptors (Lipinski definition) is 4. The lowest BCUT2D eigenvalue weighted by molar-refractivity contribution is -0.133. The summed E-state index contributed by atoms with van der Waals surface area (Å²) in [6.07, 6.45) is 1.30. The predicted molar refractivity (Wildman–Crippen MR) is 84.7 cm³/mol. The number of para-hydroxylation sites is 1. The molecule has 0 radical (unpaired) electrons. The number of aryl methyl sites for hydroxylation is 1. The van der Waals surface area contributed by atoms with Gasteiger partial charge in [-0.3, -0.25) is 0 Å². The molecule has 4 nitrogen and oxygen atoms in total. The molecule has 120 valence electrons. The van der Waals surface area contributed by atoms with Gasteiger partial charge >= 0.3 is 5.97 Å². The second-order valence-corrected chi connectivity index (χ2v) is 4.83. The van der Waals surface area contributed by atoms with Gasteiger partial charge < -0.3 is 14.2 Å². The number of benzene rings is 2. The maximum atomic E-state index is 13.7. The molecule has 0 spiro atoms. The van der Waals surface area contributed by atoms with Crippen LogP contribution in [0.25, 0.3) is 5.57 Å². The lowest BCUT2D eigenvalue weighted by Crippen LogP contribution is -2.05. The van der Waals surface area contributed by atoms with Crippen molar-refractivity contribution in [2.45, 2.75) is 6.92 Å². The Bertz CT molecular complexity index is 738. The number of rotatable bonds is 5. The van der Waals surface area contributed by atoms with Crippen LogP contribution in [0.2, 0.25) is 0 Å². The zero-order valence-electron chi connectivity index (χ0n) is 13.1. The molecule has 0 saturated carbocycles. The van der Waals surface area contributed by atoms with Crippen molar-refractivity contribution in [1.82, 2.24) is 0 Å². The molecule has 0 N–H and O–H groups in total. The van der Waals surface area contributed by atoms with Crippen LogP contribution >= 0.6 is 0 Å². The Kier molecular flexibility index (Phi) is 5.36. The molecule has 0 bridgehead atoms. The standard InChI is InChI=1S/C18H17FO4/c1-12-8-13(15(11-21-2)18(20)22-3)10-14(9-12)23-17-7-5-4-6-16(17)19/h4-11H,1-3H3/b15-11+. The Balaban J connectivity index is 2.41. The average molecular weight is 316 g/mol. The molecular formula is C18H17FO4. The smallest absolute Gasteiger partial charge is 0.341 e. The van der Waals surface area contributed by atoms with Crippen molar-refractivity contribution in [3.63, 3.8) is 0 Å². The second kappa shape index (κ2) is 7.45. The van der Waals surface area contributed by atoms with E-state index in [1.165, 1.54) is 32.6 Å². The van der Waals surface area contributed by atoms with Crippen LogP contribution in [0.3, 0.4) is 0 Å². The van der Waals surface area contributed by atoms with Gasteiger partial charge in [0.05, 0.1) is 20.5 Å². The highest BCUT2D eigenvalue weighted by atomic mass is 19.1. The van der Waals surface area contributed by atoms with Crippen molar-refractivity contribution < 1.29 is 23.4 Å². The summed E-state index contributed by atoms with van der Waals surface area (Å²) in [5.41, 5.74) is 1.65. The Morgan fingerprint density at radius 3 is 2.52 bits per heavy atom. The van der Waals surface area contributed by atoms with Crippen LogP contribution < -0.4 is 4.74 Å². The molecule has 0 fully saturated rings. The van der Waals surface area contributed by atoms with E-state index in [1.54, 1.807) is 30.3 Å². The van der Waals surface area contributed by atoms with E-state index in [0.29, 0.717) is 11.3 Å². The molecule has 0 saturated heterocycles. The van der Waals surface area contributed by atoms with Crippen LogP contribution in [0, 0.1) is 12.7 Å². The van der Waals surface area contributed by atoms with Gasteiger partial charge in [-0.1, -0.05) is 18.2 Å². The van der Waals surface area contributed by atoms with E-state index in [4.69, 9.17) is 14.2 Å². The molecule has 0 aliphatic rings. The van der Waals surface area contributed by atoms with Crippen molar-refractivity contribution in [3.05, 3.63) is 65.7 Å². The summed E-state index contributed by atoms with van der Waals surface area (Å²) in [5, 5.41) is 0. The van der Waals surface area contributed by atoms with Crippen molar-refractivity contribution in [2.75, 3.05) is 14.2 Å². The number of carbonyl (C=O) groups is 1. The molecule has 2 aromatic rings. The third-order valence-corrected chi connectivity index (χ3v) is 3.07. The first-order chi connectivity index (χ1) is 11.0. The minimum atomic E-state index is -0.533. The fourth-order valence-corrected chi connectivity index (χ4v) is 2.08. The minimum Gasteiger partial charge on any atom is -0.503 e. The summed E-state index contributed by atoms with van der Waals surface area (Å²) in [6, 6.07) is 11.3. The Morgan fingerprint density at radius 1 is 1.13 bits per heavy atom. The molecule has 2 rings (SSSR count). The molecule has 0 aliphatic heterocycles. The van der Waals surface area contributed by atoms with E-state index in [2.05, 4.69) is 0 Å². The molecule has 2 aromatic carbocycles. The first-order valence-corrected chi connectivity index (χ1v) is 6.91. The fourth-order valence-electron chi connectivity index (χ4n) is 2.08. The highest BCUT2D eigenvalue weighted by molar-refractivity contribution is 6.16. The summed E-state index contributed by atoms with van der Waals surface area (Å²) in [5.74, 6) is -0.471. The quantitative estimate of drug-likeness (QED) is 0.473. The zero-order chi connectivity index (χ0) is 16.8.